The largest absolute Gasteiger partial charge is 0.347 e. The summed E-state index contributed by atoms with van der Waals surface area (Å²) in [5, 5.41) is 4.30. The average Bonchev–Trinajstić information content (AvgIpc) is 2.73. The van der Waals surface area contributed by atoms with Gasteiger partial charge in [0.2, 0.25) is 0 Å². The number of nitrogens with zero attached hydrogens (tertiary/aromatic N) is 2. The highest BCUT2D eigenvalue weighted by molar-refractivity contribution is 7.20. The van der Waals surface area contributed by atoms with Crippen LogP contribution in [0.2, 0.25) is 0 Å². The van der Waals surface area contributed by atoms with Crippen molar-refractivity contribution in [3.05, 3.63) is 29.4 Å². The number of hydrogen-bond donors (Lipinski definition) is 1. The fraction of sp³-hybridized carbons (Fsp3) is 0.500. The summed E-state index contributed by atoms with van der Waals surface area (Å²) in [6, 6.07) is 4.22. The van der Waals surface area contributed by atoms with Gasteiger partial charge in [-0.2, -0.15) is 0 Å². The number of amides is 1. The first-order valence-electron chi connectivity index (χ1n) is 7.65. The summed E-state index contributed by atoms with van der Waals surface area (Å²) in [4.78, 5) is 19.9. The van der Waals surface area contributed by atoms with E-state index in [1.807, 2.05) is 18.3 Å². The van der Waals surface area contributed by atoms with Gasteiger partial charge in [0.25, 0.3) is 5.91 Å². The number of carbonyl (C=O) groups is 1. The number of nitrogens with one attached hydrogen (secondary N) is 1. The van der Waals surface area contributed by atoms with Gasteiger partial charge in [-0.1, -0.05) is 0 Å². The van der Waals surface area contributed by atoms with Gasteiger partial charge >= 0.3 is 0 Å². The number of aromatic nitrogens is 1. The minimum absolute atomic E-state index is 0.0729. The van der Waals surface area contributed by atoms with Crippen LogP contribution in [0.5, 0.6) is 0 Å². The van der Waals surface area contributed by atoms with Gasteiger partial charge in [0.1, 0.15) is 0 Å². The summed E-state index contributed by atoms with van der Waals surface area (Å²) < 4.78 is 1.12. The molecule has 0 radical (unpaired) electrons. The van der Waals surface area contributed by atoms with Crippen molar-refractivity contribution in [2.24, 2.45) is 5.92 Å². The van der Waals surface area contributed by atoms with Crippen LogP contribution in [0.4, 0.5) is 0 Å². The fourth-order valence-electron chi connectivity index (χ4n) is 3.55. The maximum atomic E-state index is 12.5. The Morgan fingerprint density at radius 1 is 1.38 bits per heavy atom. The molecule has 3 aliphatic rings. The van der Waals surface area contributed by atoms with E-state index in [4.69, 9.17) is 0 Å². The molecule has 0 saturated carbocycles. The van der Waals surface area contributed by atoms with E-state index in [0.29, 0.717) is 6.04 Å². The molecule has 3 aliphatic heterocycles. The van der Waals surface area contributed by atoms with E-state index in [1.165, 1.54) is 25.9 Å². The van der Waals surface area contributed by atoms with Gasteiger partial charge in [-0.3, -0.25) is 9.78 Å². The minimum atomic E-state index is 0.0729. The van der Waals surface area contributed by atoms with Crippen LogP contribution in [-0.2, 0) is 0 Å². The van der Waals surface area contributed by atoms with Crippen LogP contribution >= 0.6 is 11.3 Å². The van der Waals surface area contributed by atoms with Gasteiger partial charge < -0.3 is 10.2 Å². The van der Waals surface area contributed by atoms with E-state index < -0.39 is 0 Å². The molecule has 1 amide bonds. The van der Waals surface area contributed by atoms with Gasteiger partial charge in [0, 0.05) is 35.1 Å². The molecule has 21 heavy (non-hydrogen) atoms. The third-order valence-electron chi connectivity index (χ3n) is 4.68. The molecule has 4 nitrogen and oxygen atoms in total. The Morgan fingerprint density at radius 2 is 2.24 bits per heavy atom. The van der Waals surface area contributed by atoms with Crippen molar-refractivity contribution in [1.29, 1.82) is 0 Å². The van der Waals surface area contributed by atoms with Crippen molar-refractivity contribution < 1.29 is 4.79 Å². The number of pyridine rings is 1. The first-order chi connectivity index (χ1) is 10.3. The summed E-state index contributed by atoms with van der Waals surface area (Å²) in [5.74, 6) is 0.865. The number of piperidine rings is 1. The fourth-order valence-corrected chi connectivity index (χ4v) is 4.48. The molecule has 2 aromatic rings. The SMILES string of the molecule is O=C(NC1CC2CCN(CC2)C1)c1cc2cnccc2s1. The Hall–Kier alpha value is -1.46. The highest BCUT2D eigenvalue weighted by atomic mass is 32.1. The van der Waals surface area contributed by atoms with Crippen LogP contribution in [0.25, 0.3) is 10.1 Å². The lowest BCUT2D eigenvalue weighted by atomic mass is 9.94. The van der Waals surface area contributed by atoms with E-state index in [0.717, 1.165) is 33.8 Å². The molecule has 3 saturated heterocycles. The van der Waals surface area contributed by atoms with Gasteiger partial charge in [-0.15, -0.1) is 11.3 Å². The first-order valence-corrected chi connectivity index (χ1v) is 8.46. The number of thiophene rings is 1. The standard InChI is InChI=1S/C16H19N3OS/c20-16(15-8-12-9-17-4-1-14(12)21-15)18-13-7-11-2-5-19(10-13)6-3-11/h1,4,8-9,11,13H,2-3,5-7,10H2,(H,18,20). The molecular formula is C16H19N3OS. The van der Waals surface area contributed by atoms with Crippen molar-refractivity contribution in [2.45, 2.75) is 25.3 Å². The van der Waals surface area contributed by atoms with E-state index in [-0.39, 0.29) is 5.91 Å². The molecule has 1 N–H and O–H groups in total. The lowest BCUT2D eigenvalue weighted by Crippen LogP contribution is -2.41. The van der Waals surface area contributed by atoms with E-state index in [1.54, 1.807) is 17.5 Å². The summed E-state index contributed by atoms with van der Waals surface area (Å²) in [7, 11) is 0. The lowest BCUT2D eigenvalue weighted by molar-refractivity contribution is 0.0933. The molecular weight excluding hydrogens is 282 g/mol. The zero-order valence-electron chi connectivity index (χ0n) is 11.9. The molecule has 2 aromatic heterocycles. The average molecular weight is 301 g/mol. The molecule has 1 unspecified atom stereocenters. The van der Waals surface area contributed by atoms with Gasteiger partial charge in [0.05, 0.1) is 4.88 Å². The third-order valence-corrected chi connectivity index (χ3v) is 5.79. The van der Waals surface area contributed by atoms with E-state index in [9.17, 15) is 4.79 Å². The molecule has 2 bridgehead atoms. The Morgan fingerprint density at radius 3 is 3.05 bits per heavy atom. The smallest absolute Gasteiger partial charge is 0.261 e. The minimum Gasteiger partial charge on any atom is -0.347 e. The van der Waals surface area contributed by atoms with Crippen LogP contribution in [0.15, 0.2) is 24.5 Å². The number of carbonyl (C=O) groups excluding carboxylic acids is 1. The molecule has 0 aromatic carbocycles. The zero-order valence-corrected chi connectivity index (χ0v) is 12.7. The van der Waals surface area contributed by atoms with Crippen LogP contribution < -0.4 is 5.32 Å². The van der Waals surface area contributed by atoms with Crippen molar-refractivity contribution in [3.63, 3.8) is 0 Å². The van der Waals surface area contributed by atoms with Crippen LogP contribution in [0.1, 0.15) is 28.9 Å². The highest BCUT2D eigenvalue weighted by Crippen LogP contribution is 2.28. The maximum absolute atomic E-state index is 12.5. The van der Waals surface area contributed by atoms with Crippen LogP contribution in [0, 0.1) is 5.92 Å². The topological polar surface area (TPSA) is 45.2 Å². The van der Waals surface area contributed by atoms with Crippen molar-refractivity contribution >= 4 is 27.3 Å². The number of fused-ring (bicyclic) bond motifs is 5. The van der Waals surface area contributed by atoms with Gasteiger partial charge in [-0.05, 0) is 50.4 Å². The van der Waals surface area contributed by atoms with Gasteiger partial charge in [-0.25, -0.2) is 0 Å². The summed E-state index contributed by atoms with van der Waals surface area (Å²) in [6.45, 7) is 3.41. The second-order valence-electron chi connectivity index (χ2n) is 6.17. The molecule has 1 atom stereocenters. The second-order valence-corrected chi connectivity index (χ2v) is 7.26. The first kappa shape index (κ1) is 13.2. The molecule has 5 rings (SSSR count). The highest BCUT2D eigenvalue weighted by Gasteiger charge is 2.30. The molecule has 5 heteroatoms. The Bertz CT molecular complexity index is 613. The molecule has 110 valence electrons. The van der Waals surface area contributed by atoms with Crippen LogP contribution in [-0.4, -0.2) is 41.5 Å². The lowest BCUT2D eigenvalue weighted by Gasteiger charge is -2.26. The van der Waals surface area contributed by atoms with Crippen molar-refractivity contribution in [3.8, 4) is 0 Å². The normalized spacial score (nSPS) is 28.5. The molecule has 0 aliphatic carbocycles. The zero-order chi connectivity index (χ0) is 14.2. The molecule has 3 fully saturated rings. The van der Waals surface area contributed by atoms with Crippen molar-refractivity contribution in [2.75, 3.05) is 19.6 Å². The molecule has 0 spiro atoms. The third kappa shape index (κ3) is 2.68. The quantitative estimate of drug-likeness (QED) is 0.927. The second kappa shape index (κ2) is 5.39. The number of hydrogen-bond acceptors (Lipinski definition) is 4. The maximum Gasteiger partial charge on any atom is 0.261 e. The van der Waals surface area contributed by atoms with E-state index in [2.05, 4.69) is 15.2 Å². The Balaban J connectivity index is 1.50. The predicted molar refractivity (Wildman–Crippen MR) is 84.7 cm³/mol. The van der Waals surface area contributed by atoms with Crippen LogP contribution in [0.3, 0.4) is 0 Å². The van der Waals surface area contributed by atoms with Crippen molar-refractivity contribution in [1.82, 2.24) is 15.2 Å². The summed E-state index contributed by atoms with van der Waals surface area (Å²) in [5.41, 5.74) is 0. The molecule has 5 heterocycles. The number of rotatable bonds is 2. The summed E-state index contributed by atoms with van der Waals surface area (Å²) in [6.07, 6.45) is 7.31. The predicted octanol–water partition coefficient (Wildman–Crippen LogP) is 2.51. The monoisotopic (exact) mass is 301 g/mol. The van der Waals surface area contributed by atoms with E-state index >= 15 is 0 Å². The summed E-state index contributed by atoms with van der Waals surface area (Å²) >= 11 is 1.55. The van der Waals surface area contributed by atoms with Gasteiger partial charge in [0.15, 0.2) is 0 Å². The Labute approximate surface area is 128 Å². The Kier molecular flexibility index (Phi) is 3.39.